The van der Waals surface area contributed by atoms with Gasteiger partial charge in [-0.05, 0) is 37.3 Å². The fraction of sp³-hybridized carbons (Fsp3) is 0.556. The zero-order chi connectivity index (χ0) is 23.2. The van der Waals surface area contributed by atoms with Crippen molar-refractivity contribution < 1.29 is 9.59 Å². The predicted molar refractivity (Wildman–Crippen MR) is 134 cm³/mol. The van der Waals surface area contributed by atoms with Crippen molar-refractivity contribution in [2.24, 2.45) is 0 Å². The van der Waals surface area contributed by atoms with Gasteiger partial charge in [0, 0.05) is 23.9 Å². The van der Waals surface area contributed by atoms with Crippen LogP contribution in [0.15, 0.2) is 47.8 Å². The summed E-state index contributed by atoms with van der Waals surface area (Å²) in [4.78, 5) is 31.0. The molecule has 0 saturated carbocycles. The van der Waals surface area contributed by atoms with Gasteiger partial charge in [0.05, 0.1) is 13.1 Å². The minimum absolute atomic E-state index is 0.00358. The smallest absolute Gasteiger partial charge is 0.242 e. The maximum Gasteiger partial charge on any atom is 0.242 e. The van der Waals surface area contributed by atoms with Gasteiger partial charge in [-0.15, -0.1) is 11.3 Å². The van der Waals surface area contributed by atoms with Crippen molar-refractivity contribution >= 4 is 23.2 Å². The van der Waals surface area contributed by atoms with Crippen molar-refractivity contribution in [1.29, 1.82) is 0 Å². The Morgan fingerprint density at radius 3 is 2.16 bits per heavy atom. The second kappa shape index (κ2) is 14.8. The van der Waals surface area contributed by atoms with Gasteiger partial charge in [-0.2, -0.15) is 0 Å². The van der Waals surface area contributed by atoms with E-state index >= 15 is 0 Å². The number of rotatable bonds is 15. The van der Waals surface area contributed by atoms with Crippen molar-refractivity contribution in [3.8, 4) is 0 Å². The minimum atomic E-state index is 0.00358. The molecule has 2 rings (SSSR count). The molecule has 0 bridgehead atoms. The zero-order valence-electron chi connectivity index (χ0n) is 20.1. The van der Waals surface area contributed by atoms with E-state index < -0.39 is 0 Å². The Hall–Kier alpha value is -2.14. The van der Waals surface area contributed by atoms with Gasteiger partial charge < -0.3 is 9.80 Å². The third kappa shape index (κ3) is 9.56. The number of nitrogens with zero attached hydrogens (tertiary/aromatic N) is 2. The largest absolute Gasteiger partial charge is 0.332 e. The second-order valence-corrected chi connectivity index (χ2v) is 9.83. The van der Waals surface area contributed by atoms with Gasteiger partial charge in [-0.3, -0.25) is 9.59 Å². The third-order valence-electron chi connectivity index (χ3n) is 5.74. The first-order chi connectivity index (χ1) is 15.5. The molecule has 0 aliphatic heterocycles. The molecule has 32 heavy (non-hydrogen) atoms. The van der Waals surface area contributed by atoms with E-state index in [9.17, 15) is 9.59 Å². The topological polar surface area (TPSA) is 40.6 Å². The van der Waals surface area contributed by atoms with Gasteiger partial charge in [0.1, 0.15) is 0 Å². The van der Waals surface area contributed by atoms with Crippen LogP contribution in [0.4, 0.5) is 0 Å². The normalized spacial score (nSPS) is 11.0. The van der Waals surface area contributed by atoms with Gasteiger partial charge in [0.15, 0.2) is 0 Å². The van der Waals surface area contributed by atoms with Crippen LogP contribution in [0.2, 0.25) is 0 Å². The van der Waals surface area contributed by atoms with Gasteiger partial charge in [-0.25, -0.2) is 0 Å². The monoisotopic (exact) mass is 456 g/mol. The number of carbonyl (C=O) groups excluding carboxylic acids is 2. The van der Waals surface area contributed by atoms with Crippen LogP contribution >= 0.6 is 11.3 Å². The number of amides is 2. The zero-order valence-corrected chi connectivity index (χ0v) is 20.9. The number of carbonyl (C=O) groups is 2. The highest BCUT2D eigenvalue weighted by molar-refractivity contribution is 7.09. The number of hydrogen-bond acceptors (Lipinski definition) is 3. The van der Waals surface area contributed by atoms with Crippen LogP contribution in [0.3, 0.4) is 0 Å². The van der Waals surface area contributed by atoms with E-state index in [1.165, 1.54) is 32.1 Å². The fourth-order valence-corrected chi connectivity index (χ4v) is 4.53. The van der Waals surface area contributed by atoms with Gasteiger partial charge in [0.2, 0.25) is 11.8 Å². The highest BCUT2D eigenvalue weighted by atomic mass is 32.1. The summed E-state index contributed by atoms with van der Waals surface area (Å²) in [5, 5.41) is 2.03. The Balaban J connectivity index is 1.93. The molecule has 0 fully saturated rings. The quantitative estimate of drug-likeness (QED) is 0.281. The van der Waals surface area contributed by atoms with Crippen LogP contribution in [0, 0.1) is 0 Å². The summed E-state index contributed by atoms with van der Waals surface area (Å²) in [5.74, 6) is 0.0987. The second-order valence-electron chi connectivity index (χ2n) is 8.80. The lowest BCUT2D eigenvalue weighted by Gasteiger charge is -2.30. The van der Waals surface area contributed by atoms with Crippen molar-refractivity contribution in [1.82, 2.24) is 9.80 Å². The summed E-state index contributed by atoms with van der Waals surface area (Å²) in [7, 11) is 0. The third-order valence-corrected chi connectivity index (χ3v) is 6.60. The Kier molecular flexibility index (Phi) is 12.1. The van der Waals surface area contributed by atoms with E-state index in [1.807, 2.05) is 60.5 Å². The number of benzene rings is 1. The highest BCUT2D eigenvalue weighted by Crippen LogP contribution is 2.16. The average molecular weight is 457 g/mol. The molecule has 0 aliphatic carbocycles. The van der Waals surface area contributed by atoms with Gasteiger partial charge in [0.25, 0.3) is 0 Å². The molecule has 2 amide bonds. The molecule has 1 heterocycles. The SMILES string of the molecule is CCCCCCCCCC(=O)N(CC(=O)N(Cc1ccccc1)Cc1cccs1)C(C)C. The number of hydrogen-bond donors (Lipinski definition) is 0. The Labute approximate surface area is 198 Å². The number of unbranched alkanes of at least 4 members (excludes halogenated alkanes) is 6. The van der Waals surface area contributed by atoms with Crippen molar-refractivity contribution in [3.05, 3.63) is 58.3 Å². The average Bonchev–Trinajstić information content (AvgIpc) is 3.29. The standard InChI is InChI=1S/C27H40N2O2S/c1-4-5-6-7-8-9-13-18-26(30)29(23(2)3)22-27(31)28(21-25-17-14-19-32-25)20-24-15-11-10-12-16-24/h10-12,14-17,19,23H,4-9,13,18,20-22H2,1-3H3. The molecule has 5 heteroatoms. The Bertz CT molecular complexity index is 774. The van der Waals surface area contributed by atoms with E-state index in [4.69, 9.17) is 0 Å². The van der Waals surface area contributed by atoms with Crippen LogP contribution in [-0.2, 0) is 22.7 Å². The first-order valence-electron chi connectivity index (χ1n) is 12.1. The molecule has 0 radical (unpaired) electrons. The maximum absolute atomic E-state index is 13.3. The number of thiophene rings is 1. The van der Waals surface area contributed by atoms with E-state index in [0.717, 1.165) is 23.3 Å². The molecule has 0 atom stereocenters. The Morgan fingerprint density at radius 2 is 1.53 bits per heavy atom. The minimum Gasteiger partial charge on any atom is -0.332 e. The molecule has 0 N–H and O–H groups in total. The fourth-order valence-electron chi connectivity index (χ4n) is 3.81. The molecule has 0 unspecified atom stereocenters. The van der Waals surface area contributed by atoms with E-state index in [-0.39, 0.29) is 24.4 Å². The maximum atomic E-state index is 13.3. The highest BCUT2D eigenvalue weighted by Gasteiger charge is 2.23. The van der Waals surface area contributed by atoms with E-state index in [1.54, 1.807) is 16.2 Å². The Morgan fingerprint density at radius 1 is 0.844 bits per heavy atom. The molecular formula is C27H40N2O2S. The van der Waals surface area contributed by atoms with E-state index in [2.05, 4.69) is 13.0 Å². The summed E-state index contributed by atoms with van der Waals surface area (Å²) in [5.41, 5.74) is 1.10. The van der Waals surface area contributed by atoms with Crippen LogP contribution in [0.25, 0.3) is 0 Å². The summed E-state index contributed by atoms with van der Waals surface area (Å²) in [6.45, 7) is 7.49. The molecule has 4 nitrogen and oxygen atoms in total. The molecular weight excluding hydrogens is 416 g/mol. The van der Waals surface area contributed by atoms with Crippen molar-refractivity contribution in [2.45, 2.75) is 91.3 Å². The molecule has 176 valence electrons. The lowest BCUT2D eigenvalue weighted by Crippen LogP contribution is -2.45. The van der Waals surface area contributed by atoms with Crippen LogP contribution in [-0.4, -0.2) is 34.2 Å². The first-order valence-corrected chi connectivity index (χ1v) is 13.0. The molecule has 2 aromatic rings. The van der Waals surface area contributed by atoms with Gasteiger partial charge >= 0.3 is 0 Å². The molecule has 1 aromatic carbocycles. The molecule has 1 aromatic heterocycles. The van der Waals surface area contributed by atoms with E-state index in [0.29, 0.717) is 19.5 Å². The summed E-state index contributed by atoms with van der Waals surface area (Å²) >= 11 is 1.66. The first kappa shape index (κ1) is 26.1. The lowest BCUT2D eigenvalue weighted by atomic mass is 10.1. The van der Waals surface area contributed by atoms with Crippen LogP contribution in [0.5, 0.6) is 0 Å². The van der Waals surface area contributed by atoms with Crippen molar-refractivity contribution in [3.63, 3.8) is 0 Å². The predicted octanol–water partition coefficient (Wildman–Crippen LogP) is 6.65. The summed E-state index contributed by atoms with van der Waals surface area (Å²) in [6, 6.07) is 14.1. The van der Waals surface area contributed by atoms with Gasteiger partial charge in [-0.1, -0.05) is 81.8 Å². The molecule has 0 aliphatic rings. The van der Waals surface area contributed by atoms with Crippen molar-refractivity contribution in [2.75, 3.05) is 6.54 Å². The summed E-state index contributed by atoms with van der Waals surface area (Å²) < 4.78 is 0. The lowest BCUT2D eigenvalue weighted by molar-refractivity contribution is -0.142. The van der Waals surface area contributed by atoms with Crippen LogP contribution < -0.4 is 0 Å². The molecule has 0 spiro atoms. The molecule has 0 saturated heterocycles. The van der Waals surface area contributed by atoms with Crippen LogP contribution in [0.1, 0.15) is 82.6 Å². The summed E-state index contributed by atoms with van der Waals surface area (Å²) in [6.07, 6.45) is 8.82.